The van der Waals surface area contributed by atoms with Crippen LogP contribution >= 0.6 is 15.9 Å². The van der Waals surface area contributed by atoms with Crippen molar-refractivity contribution in [1.82, 2.24) is 4.90 Å². The highest BCUT2D eigenvalue weighted by Crippen LogP contribution is 2.40. The highest BCUT2D eigenvalue weighted by Gasteiger charge is 2.36. The van der Waals surface area contributed by atoms with E-state index in [2.05, 4.69) is 20.8 Å². The van der Waals surface area contributed by atoms with E-state index >= 15 is 0 Å². The number of piperidine rings is 1. The van der Waals surface area contributed by atoms with Crippen LogP contribution in [0.5, 0.6) is 0 Å². The fraction of sp³-hybridized carbons (Fsp3) is 0.917. The Hall–Kier alpha value is -0.0500. The maximum absolute atomic E-state index is 11.8. The predicted octanol–water partition coefficient (Wildman–Crippen LogP) is 2.95. The lowest BCUT2D eigenvalue weighted by atomic mass is 9.87. The number of amides is 1. The van der Waals surface area contributed by atoms with E-state index in [0.717, 1.165) is 31.3 Å². The lowest BCUT2D eigenvalue weighted by molar-refractivity contribution is -0.134. The molecule has 0 aromatic heterocycles. The largest absolute Gasteiger partial charge is 0.342 e. The SMILES string of the molecule is O=C1CCCCN1CC1(CBr)CCCC1. The van der Waals surface area contributed by atoms with Crippen LogP contribution in [0, 0.1) is 5.41 Å². The van der Waals surface area contributed by atoms with Gasteiger partial charge in [-0.05, 0) is 31.1 Å². The van der Waals surface area contributed by atoms with Gasteiger partial charge in [-0.1, -0.05) is 28.8 Å². The molecule has 1 saturated carbocycles. The van der Waals surface area contributed by atoms with E-state index in [1.54, 1.807) is 0 Å². The summed E-state index contributed by atoms with van der Waals surface area (Å²) in [5, 5.41) is 1.06. The van der Waals surface area contributed by atoms with Crippen molar-refractivity contribution in [2.75, 3.05) is 18.4 Å². The average molecular weight is 274 g/mol. The van der Waals surface area contributed by atoms with Gasteiger partial charge in [0, 0.05) is 24.8 Å². The number of carbonyl (C=O) groups excluding carboxylic acids is 1. The summed E-state index contributed by atoms with van der Waals surface area (Å²) >= 11 is 3.64. The number of hydrogen-bond donors (Lipinski definition) is 0. The molecule has 1 aliphatic heterocycles. The van der Waals surface area contributed by atoms with Gasteiger partial charge in [0.05, 0.1) is 0 Å². The van der Waals surface area contributed by atoms with E-state index in [4.69, 9.17) is 0 Å². The average Bonchev–Trinajstić information content (AvgIpc) is 2.71. The third kappa shape index (κ3) is 2.55. The Morgan fingerprint density at radius 1 is 1.20 bits per heavy atom. The molecule has 2 fully saturated rings. The fourth-order valence-corrected chi connectivity index (χ4v) is 3.63. The summed E-state index contributed by atoms with van der Waals surface area (Å²) < 4.78 is 0. The molecule has 0 atom stereocenters. The van der Waals surface area contributed by atoms with Gasteiger partial charge in [-0.25, -0.2) is 0 Å². The molecule has 15 heavy (non-hydrogen) atoms. The van der Waals surface area contributed by atoms with Crippen molar-refractivity contribution in [3.8, 4) is 0 Å². The summed E-state index contributed by atoms with van der Waals surface area (Å²) in [6.45, 7) is 1.99. The van der Waals surface area contributed by atoms with Gasteiger partial charge in [-0.15, -0.1) is 0 Å². The number of nitrogens with zero attached hydrogens (tertiary/aromatic N) is 1. The van der Waals surface area contributed by atoms with E-state index in [9.17, 15) is 4.79 Å². The lowest BCUT2D eigenvalue weighted by Gasteiger charge is -2.36. The highest BCUT2D eigenvalue weighted by molar-refractivity contribution is 9.09. The number of hydrogen-bond acceptors (Lipinski definition) is 1. The Labute approximate surface area is 101 Å². The zero-order valence-corrected chi connectivity index (χ0v) is 10.9. The minimum Gasteiger partial charge on any atom is -0.342 e. The van der Waals surface area contributed by atoms with Crippen LogP contribution in [0.25, 0.3) is 0 Å². The molecule has 2 aliphatic rings. The molecule has 3 heteroatoms. The van der Waals surface area contributed by atoms with E-state index in [1.165, 1.54) is 32.1 Å². The minimum absolute atomic E-state index is 0.383. The van der Waals surface area contributed by atoms with Gasteiger partial charge in [-0.2, -0.15) is 0 Å². The van der Waals surface area contributed by atoms with Gasteiger partial charge in [0.15, 0.2) is 0 Å². The van der Waals surface area contributed by atoms with E-state index < -0.39 is 0 Å². The molecule has 1 heterocycles. The highest BCUT2D eigenvalue weighted by atomic mass is 79.9. The smallest absolute Gasteiger partial charge is 0.222 e. The van der Waals surface area contributed by atoms with E-state index in [0.29, 0.717) is 11.3 Å². The quantitative estimate of drug-likeness (QED) is 0.724. The first-order valence-corrected chi connectivity index (χ1v) is 7.22. The van der Waals surface area contributed by atoms with Gasteiger partial charge in [0.2, 0.25) is 5.91 Å². The number of halogens is 1. The molecule has 0 radical (unpaired) electrons. The molecule has 0 aromatic rings. The van der Waals surface area contributed by atoms with Crippen LogP contribution in [0.3, 0.4) is 0 Å². The van der Waals surface area contributed by atoms with Crippen molar-refractivity contribution in [2.24, 2.45) is 5.41 Å². The predicted molar refractivity (Wildman–Crippen MR) is 65.1 cm³/mol. The summed E-state index contributed by atoms with van der Waals surface area (Å²) in [5.41, 5.74) is 0.396. The molecular formula is C12H20BrNO. The maximum Gasteiger partial charge on any atom is 0.222 e. The number of carbonyl (C=O) groups is 1. The van der Waals surface area contributed by atoms with Crippen LogP contribution in [0.1, 0.15) is 44.9 Å². The normalized spacial score (nSPS) is 25.9. The van der Waals surface area contributed by atoms with E-state index in [1.807, 2.05) is 0 Å². The molecule has 0 unspecified atom stereocenters. The molecule has 2 nitrogen and oxygen atoms in total. The minimum atomic E-state index is 0.383. The van der Waals surface area contributed by atoms with Crippen molar-refractivity contribution in [3.05, 3.63) is 0 Å². The van der Waals surface area contributed by atoms with Gasteiger partial charge in [0.1, 0.15) is 0 Å². The molecular weight excluding hydrogens is 254 g/mol. The Balaban J connectivity index is 1.96. The Bertz CT molecular complexity index is 236. The molecule has 86 valence electrons. The standard InChI is InChI=1S/C12H20BrNO/c13-9-12(6-2-3-7-12)10-14-8-4-1-5-11(14)15/h1-10H2. The van der Waals surface area contributed by atoms with Crippen LogP contribution in [-0.4, -0.2) is 29.2 Å². The molecule has 0 N–H and O–H groups in total. The molecule has 1 amide bonds. The van der Waals surface area contributed by atoms with Crippen LogP contribution < -0.4 is 0 Å². The molecule has 0 bridgehead atoms. The molecule has 0 aromatic carbocycles. The van der Waals surface area contributed by atoms with Gasteiger partial charge < -0.3 is 4.90 Å². The third-order valence-electron chi connectivity index (χ3n) is 3.90. The molecule has 2 rings (SSSR count). The summed E-state index contributed by atoms with van der Waals surface area (Å²) in [4.78, 5) is 13.9. The van der Waals surface area contributed by atoms with Crippen LogP contribution in [0.15, 0.2) is 0 Å². The molecule has 0 spiro atoms. The van der Waals surface area contributed by atoms with Crippen molar-refractivity contribution in [3.63, 3.8) is 0 Å². The monoisotopic (exact) mass is 273 g/mol. The first-order valence-electron chi connectivity index (χ1n) is 6.10. The van der Waals surface area contributed by atoms with Crippen molar-refractivity contribution < 1.29 is 4.79 Å². The Morgan fingerprint density at radius 2 is 1.93 bits per heavy atom. The van der Waals surface area contributed by atoms with E-state index in [-0.39, 0.29) is 0 Å². The Kier molecular flexibility index (Phi) is 3.70. The summed E-state index contributed by atoms with van der Waals surface area (Å²) in [6, 6.07) is 0. The molecule has 1 aliphatic carbocycles. The maximum atomic E-state index is 11.8. The zero-order chi connectivity index (χ0) is 10.7. The van der Waals surface area contributed by atoms with Crippen LogP contribution in [0.4, 0.5) is 0 Å². The second-order valence-electron chi connectivity index (χ2n) is 5.11. The third-order valence-corrected chi connectivity index (χ3v) is 5.08. The van der Waals surface area contributed by atoms with Crippen molar-refractivity contribution in [1.29, 1.82) is 0 Å². The summed E-state index contributed by atoms with van der Waals surface area (Å²) in [5.74, 6) is 0.383. The van der Waals surface area contributed by atoms with Gasteiger partial charge in [-0.3, -0.25) is 4.79 Å². The number of alkyl halides is 1. The van der Waals surface area contributed by atoms with Crippen molar-refractivity contribution in [2.45, 2.75) is 44.9 Å². The van der Waals surface area contributed by atoms with Crippen LogP contribution in [-0.2, 0) is 4.79 Å². The van der Waals surface area contributed by atoms with Crippen LogP contribution in [0.2, 0.25) is 0 Å². The first-order chi connectivity index (χ1) is 7.26. The molecule has 1 saturated heterocycles. The lowest BCUT2D eigenvalue weighted by Crippen LogP contribution is -2.43. The second kappa shape index (κ2) is 4.86. The fourth-order valence-electron chi connectivity index (χ4n) is 2.89. The summed E-state index contributed by atoms with van der Waals surface area (Å²) in [7, 11) is 0. The number of likely N-dealkylation sites (tertiary alicyclic amines) is 1. The Morgan fingerprint density at radius 3 is 2.53 bits per heavy atom. The zero-order valence-electron chi connectivity index (χ0n) is 9.30. The van der Waals surface area contributed by atoms with Crippen molar-refractivity contribution >= 4 is 21.8 Å². The van der Waals surface area contributed by atoms with Gasteiger partial charge in [0.25, 0.3) is 0 Å². The first kappa shape index (κ1) is 11.4. The summed E-state index contributed by atoms with van der Waals surface area (Å²) in [6.07, 6.45) is 8.34. The van der Waals surface area contributed by atoms with Gasteiger partial charge >= 0.3 is 0 Å². The topological polar surface area (TPSA) is 20.3 Å². The second-order valence-corrected chi connectivity index (χ2v) is 5.67. The number of rotatable bonds is 3.